The van der Waals surface area contributed by atoms with Crippen molar-refractivity contribution < 1.29 is 0 Å². The van der Waals surface area contributed by atoms with Crippen molar-refractivity contribution in [1.82, 2.24) is 10.2 Å². The van der Waals surface area contributed by atoms with Gasteiger partial charge in [0.1, 0.15) is 0 Å². The summed E-state index contributed by atoms with van der Waals surface area (Å²) in [6, 6.07) is 26.2. The molecule has 3 heteroatoms. The monoisotopic (exact) mass is 446 g/mol. The molecule has 0 unspecified atom stereocenters. The Labute approximate surface area is 198 Å². The minimum absolute atomic E-state index is 0.0557. The highest BCUT2D eigenvalue weighted by Gasteiger charge is 2.21. The van der Waals surface area contributed by atoms with Crippen molar-refractivity contribution in [2.24, 2.45) is 0 Å². The fourth-order valence-electron chi connectivity index (χ4n) is 4.78. The van der Waals surface area contributed by atoms with Gasteiger partial charge in [-0.1, -0.05) is 79.2 Å². The van der Waals surface area contributed by atoms with Crippen LogP contribution >= 0.6 is 11.6 Å². The summed E-state index contributed by atoms with van der Waals surface area (Å²) < 4.78 is 0. The van der Waals surface area contributed by atoms with Crippen LogP contribution in [0.4, 0.5) is 0 Å². The van der Waals surface area contributed by atoms with Crippen LogP contribution in [-0.2, 0) is 25.9 Å². The molecule has 1 atom stereocenters. The Balaban J connectivity index is 1.31. The van der Waals surface area contributed by atoms with Gasteiger partial charge in [0.15, 0.2) is 0 Å². The summed E-state index contributed by atoms with van der Waals surface area (Å²) in [5.74, 6) is 0.501. The Kier molecular flexibility index (Phi) is 7.35. The summed E-state index contributed by atoms with van der Waals surface area (Å²) in [5.41, 5.74) is 7.01. The first-order chi connectivity index (χ1) is 15.4. The van der Waals surface area contributed by atoms with Gasteiger partial charge in [-0.2, -0.15) is 0 Å². The van der Waals surface area contributed by atoms with E-state index in [9.17, 15) is 0 Å². The predicted molar refractivity (Wildman–Crippen MR) is 136 cm³/mol. The highest BCUT2D eigenvalue weighted by atomic mass is 35.5. The molecule has 0 radical (unpaired) electrons. The number of nitrogens with one attached hydrogen (secondary N) is 1. The van der Waals surface area contributed by atoms with Crippen LogP contribution in [0.1, 0.15) is 54.5 Å². The van der Waals surface area contributed by atoms with Crippen molar-refractivity contribution in [1.29, 1.82) is 0 Å². The molecule has 1 aliphatic heterocycles. The average molecular weight is 447 g/mol. The van der Waals surface area contributed by atoms with Crippen molar-refractivity contribution in [3.05, 3.63) is 106 Å². The number of rotatable bonds is 7. The molecule has 2 nitrogen and oxygen atoms in total. The van der Waals surface area contributed by atoms with Crippen LogP contribution in [-0.4, -0.2) is 23.5 Å². The fraction of sp³-hybridized carbons (Fsp3) is 0.379. The van der Waals surface area contributed by atoms with Gasteiger partial charge in [0.2, 0.25) is 0 Å². The number of benzene rings is 3. The zero-order chi connectivity index (χ0) is 22.6. The smallest absolute Gasteiger partial charge is 0.0409 e. The van der Waals surface area contributed by atoms with Gasteiger partial charge < -0.3 is 5.32 Å². The largest absolute Gasteiger partial charge is 0.307 e. The molecule has 3 aromatic rings. The van der Waals surface area contributed by atoms with Crippen LogP contribution in [0.5, 0.6) is 0 Å². The molecule has 3 aromatic carbocycles. The highest BCUT2D eigenvalue weighted by molar-refractivity contribution is 6.30. The van der Waals surface area contributed by atoms with Crippen LogP contribution < -0.4 is 5.32 Å². The molecule has 0 saturated heterocycles. The van der Waals surface area contributed by atoms with Gasteiger partial charge in [-0.3, -0.25) is 4.90 Å². The highest BCUT2D eigenvalue weighted by Crippen LogP contribution is 2.28. The SMILES string of the molecule is C[C@H]1CN(Cc2ccc(CNC(C)(C)Cc3ccccc3)cc2)CCc2ccc(Cl)cc21. The molecule has 0 aliphatic carbocycles. The normalized spacial score (nSPS) is 17.1. The van der Waals surface area contributed by atoms with Gasteiger partial charge in [-0.25, -0.2) is 0 Å². The molecule has 1 aliphatic rings. The van der Waals surface area contributed by atoms with Crippen LogP contribution in [0.25, 0.3) is 0 Å². The summed E-state index contributed by atoms with van der Waals surface area (Å²) in [4.78, 5) is 2.58. The van der Waals surface area contributed by atoms with Gasteiger partial charge in [-0.15, -0.1) is 0 Å². The molecule has 0 fully saturated rings. The van der Waals surface area contributed by atoms with E-state index in [1.165, 1.54) is 27.8 Å². The third kappa shape index (κ3) is 6.22. The molecule has 0 amide bonds. The fourth-order valence-corrected chi connectivity index (χ4v) is 4.96. The summed E-state index contributed by atoms with van der Waals surface area (Å²) in [7, 11) is 0. The Morgan fingerprint density at radius 1 is 0.938 bits per heavy atom. The quantitative estimate of drug-likeness (QED) is 0.439. The molecule has 0 spiro atoms. The third-order valence-corrected chi connectivity index (χ3v) is 6.79. The molecular weight excluding hydrogens is 412 g/mol. The van der Waals surface area contributed by atoms with Crippen LogP contribution in [0, 0.1) is 0 Å². The maximum absolute atomic E-state index is 6.25. The molecule has 0 aromatic heterocycles. The summed E-state index contributed by atoms with van der Waals surface area (Å²) in [6.45, 7) is 10.9. The third-order valence-electron chi connectivity index (χ3n) is 6.56. The Hall–Kier alpha value is -2.13. The number of hydrogen-bond acceptors (Lipinski definition) is 2. The minimum Gasteiger partial charge on any atom is -0.307 e. The summed E-state index contributed by atoms with van der Waals surface area (Å²) in [6.07, 6.45) is 2.11. The number of hydrogen-bond donors (Lipinski definition) is 1. The summed E-state index contributed by atoms with van der Waals surface area (Å²) in [5, 5.41) is 4.58. The van der Waals surface area contributed by atoms with E-state index in [2.05, 4.69) is 97.7 Å². The van der Waals surface area contributed by atoms with Crippen molar-refractivity contribution in [2.75, 3.05) is 13.1 Å². The van der Waals surface area contributed by atoms with Gasteiger partial charge in [0.05, 0.1) is 0 Å². The van der Waals surface area contributed by atoms with Gasteiger partial charge >= 0.3 is 0 Å². The van der Waals surface area contributed by atoms with Crippen molar-refractivity contribution in [2.45, 2.75) is 58.2 Å². The van der Waals surface area contributed by atoms with E-state index in [-0.39, 0.29) is 5.54 Å². The van der Waals surface area contributed by atoms with E-state index < -0.39 is 0 Å². The minimum atomic E-state index is 0.0557. The van der Waals surface area contributed by atoms with Gasteiger partial charge in [-0.05, 0) is 72.6 Å². The lowest BCUT2D eigenvalue weighted by Crippen LogP contribution is -2.40. The molecule has 0 bridgehead atoms. The van der Waals surface area contributed by atoms with Crippen LogP contribution in [0.15, 0.2) is 72.8 Å². The second-order valence-electron chi connectivity index (χ2n) is 9.95. The van der Waals surface area contributed by atoms with Gasteiger partial charge in [0.25, 0.3) is 0 Å². The predicted octanol–water partition coefficient (Wildman–Crippen LogP) is 6.61. The van der Waals surface area contributed by atoms with Crippen LogP contribution in [0.3, 0.4) is 0 Å². The first kappa shape index (κ1) is 23.0. The lowest BCUT2D eigenvalue weighted by Gasteiger charge is -2.27. The molecule has 168 valence electrons. The van der Waals surface area contributed by atoms with Crippen LogP contribution in [0.2, 0.25) is 5.02 Å². The van der Waals surface area contributed by atoms with Crippen molar-refractivity contribution in [3.63, 3.8) is 0 Å². The average Bonchev–Trinajstić information content (AvgIpc) is 2.92. The lowest BCUT2D eigenvalue weighted by molar-refractivity contribution is 0.264. The zero-order valence-corrected chi connectivity index (χ0v) is 20.3. The van der Waals surface area contributed by atoms with Crippen molar-refractivity contribution >= 4 is 11.6 Å². The van der Waals surface area contributed by atoms with E-state index in [4.69, 9.17) is 11.6 Å². The first-order valence-corrected chi connectivity index (χ1v) is 12.1. The Bertz CT molecular complexity index is 1010. The van der Waals surface area contributed by atoms with E-state index in [0.29, 0.717) is 5.92 Å². The van der Waals surface area contributed by atoms with E-state index in [0.717, 1.165) is 44.0 Å². The number of fused-ring (bicyclic) bond motifs is 1. The summed E-state index contributed by atoms with van der Waals surface area (Å²) >= 11 is 6.25. The second-order valence-corrected chi connectivity index (χ2v) is 10.4. The Morgan fingerprint density at radius 3 is 2.41 bits per heavy atom. The molecular formula is C29H35ClN2. The van der Waals surface area contributed by atoms with E-state index in [1.807, 2.05) is 6.07 Å². The Morgan fingerprint density at radius 2 is 1.66 bits per heavy atom. The first-order valence-electron chi connectivity index (χ1n) is 11.8. The topological polar surface area (TPSA) is 15.3 Å². The standard InChI is InChI=1S/C29H35ClN2/c1-22-20-32(16-15-26-13-14-27(30)17-28(22)26)21-25-11-9-24(10-12-25)19-31-29(2,3)18-23-7-5-4-6-8-23/h4-14,17,22,31H,15-16,18-21H2,1-3H3/t22-/m0/s1. The molecule has 32 heavy (non-hydrogen) atoms. The zero-order valence-electron chi connectivity index (χ0n) is 19.6. The molecule has 1 heterocycles. The molecule has 1 N–H and O–H groups in total. The lowest BCUT2D eigenvalue weighted by atomic mass is 9.94. The molecule has 4 rings (SSSR count). The number of nitrogens with zero attached hydrogens (tertiary/aromatic N) is 1. The molecule has 0 saturated carbocycles. The number of halogens is 1. The maximum atomic E-state index is 6.25. The van der Waals surface area contributed by atoms with Crippen molar-refractivity contribution in [3.8, 4) is 0 Å². The second kappa shape index (κ2) is 10.2. The maximum Gasteiger partial charge on any atom is 0.0409 e. The van der Waals surface area contributed by atoms with E-state index in [1.54, 1.807) is 0 Å². The van der Waals surface area contributed by atoms with E-state index >= 15 is 0 Å². The van der Waals surface area contributed by atoms with Gasteiger partial charge in [0, 0.05) is 36.7 Å².